The minimum atomic E-state index is -0.271. The first kappa shape index (κ1) is 22.9. The van der Waals surface area contributed by atoms with Gasteiger partial charge in [0, 0.05) is 17.0 Å². The van der Waals surface area contributed by atoms with Gasteiger partial charge in [-0.1, -0.05) is 78.3 Å². The largest absolute Gasteiger partial charge is 0.462 e. The van der Waals surface area contributed by atoms with Crippen molar-refractivity contribution in [3.8, 4) is 11.1 Å². The molecule has 1 heterocycles. The Morgan fingerprint density at radius 3 is 2.32 bits per heavy atom. The van der Waals surface area contributed by atoms with Crippen LogP contribution in [0, 0.1) is 11.8 Å². The van der Waals surface area contributed by atoms with Crippen LogP contribution in [-0.2, 0) is 16.0 Å². The average Bonchev–Trinajstić information content (AvgIpc) is 3.19. The van der Waals surface area contributed by atoms with Gasteiger partial charge in [0.1, 0.15) is 6.61 Å². The average molecular weight is 472 g/mol. The molecule has 1 aliphatic carbocycles. The van der Waals surface area contributed by atoms with Crippen molar-refractivity contribution in [1.29, 1.82) is 0 Å². The maximum atomic E-state index is 12.8. The zero-order valence-electron chi connectivity index (χ0n) is 19.3. The van der Waals surface area contributed by atoms with Crippen LogP contribution < -0.4 is 5.32 Å². The van der Waals surface area contributed by atoms with Crippen molar-refractivity contribution in [3.05, 3.63) is 107 Å². The Kier molecular flexibility index (Phi) is 7.13. The molecule has 1 aliphatic heterocycles. The lowest BCUT2D eigenvalue weighted by molar-refractivity contribution is -0.138. The van der Waals surface area contributed by atoms with Crippen LogP contribution in [0.15, 0.2) is 84.9 Å². The zero-order valence-corrected chi connectivity index (χ0v) is 20.0. The summed E-state index contributed by atoms with van der Waals surface area (Å²) >= 11 is 6.21. The molecule has 1 unspecified atom stereocenters. The highest BCUT2D eigenvalue weighted by Gasteiger charge is 2.29. The summed E-state index contributed by atoms with van der Waals surface area (Å²) in [7, 11) is 0. The Hall–Kier alpha value is -2.88. The fraction of sp³-hybridized carbons (Fsp3) is 0.300. The molecule has 0 radical (unpaired) electrons. The quantitative estimate of drug-likeness (QED) is 0.319. The Morgan fingerprint density at radius 2 is 1.65 bits per heavy atom. The van der Waals surface area contributed by atoms with Gasteiger partial charge in [0.2, 0.25) is 0 Å². The SMILES string of the molecule is O=C(/C=C\C(Cc1cccc(Cl)c1)C1CCNCC1)OCC1c2ccccc2-c2ccccc21. The molecule has 0 amide bonds. The fourth-order valence-electron chi connectivity index (χ4n) is 5.46. The highest BCUT2D eigenvalue weighted by molar-refractivity contribution is 6.30. The number of benzene rings is 3. The summed E-state index contributed by atoms with van der Waals surface area (Å²) in [5.41, 5.74) is 6.14. The minimum Gasteiger partial charge on any atom is -0.462 e. The van der Waals surface area contributed by atoms with Gasteiger partial charge in [-0.05, 0) is 84.1 Å². The number of nitrogens with one attached hydrogen (secondary N) is 1. The highest BCUT2D eigenvalue weighted by Crippen LogP contribution is 2.44. The van der Waals surface area contributed by atoms with Crippen molar-refractivity contribution in [2.24, 2.45) is 11.8 Å². The molecule has 2 aliphatic rings. The van der Waals surface area contributed by atoms with Crippen LogP contribution in [0.2, 0.25) is 5.02 Å². The summed E-state index contributed by atoms with van der Waals surface area (Å²) < 4.78 is 5.79. The van der Waals surface area contributed by atoms with E-state index in [1.54, 1.807) is 6.08 Å². The second-order valence-electron chi connectivity index (χ2n) is 9.30. The molecule has 0 aromatic heterocycles. The van der Waals surface area contributed by atoms with E-state index in [1.165, 1.54) is 27.8 Å². The number of halogens is 1. The second-order valence-corrected chi connectivity index (χ2v) is 9.74. The van der Waals surface area contributed by atoms with Gasteiger partial charge in [-0.25, -0.2) is 4.79 Å². The van der Waals surface area contributed by atoms with Gasteiger partial charge in [0.05, 0.1) is 0 Å². The summed E-state index contributed by atoms with van der Waals surface area (Å²) in [4.78, 5) is 12.8. The van der Waals surface area contributed by atoms with Crippen LogP contribution in [0.3, 0.4) is 0 Å². The van der Waals surface area contributed by atoms with Gasteiger partial charge in [0.15, 0.2) is 0 Å². The van der Waals surface area contributed by atoms with Crippen LogP contribution in [-0.4, -0.2) is 25.7 Å². The third kappa shape index (κ3) is 5.11. The number of fused-ring (bicyclic) bond motifs is 3. The molecule has 0 spiro atoms. The van der Waals surface area contributed by atoms with Crippen molar-refractivity contribution in [1.82, 2.24) is 5.32 Å². The van der Waals surface area contributed by atoms with E-state index in [9.17, 15) is 4.79 Å². The molecule has 0 bridgehead atoms. The Labute approximate surface area is 206 Å². The van der Waals surface area contributed by atoms with E-state index in [1.807, 2.05) is 18.2 Å². The number of ether oxygens (including phenoxy) is 1. The van der Waals surface area contributed by atoms with Crippen LogP contribution >= 0.6 is 11.6 Å². The molecule has 34 heavy (non-hydrogen) atoms. The predicted octanol–water partition coefficient (Wildman–Crippen LogP) is 6.41. The number of hydrogen-bond donors (Lipinski definition) is 1. The van der Waals surface area contributed by atoms with Crippen molar-refractivity contribution in [2.75, 3.05) is 19.7 Å². The van der Waals surface area contributed by atoms with Crippen molar-refractivity contribution in [3.63, 3.8) is 0 Å². The van der Waals surface area contributed by atoms with E-state index in [0.717, 1.165) is 37.4 Å². The third-order valence-electron chi connectivity index (χ3n) is 7.18. The number of carbonyl (C=O) groups excluding carboxylic acids is 1. The number of carbonyl (C=O) groups is 1. The van der Waals surface area contributed by atoms with E-state index < -0.39 is 0 Å². The number of hydrogen-bond acceptors (Lipinski definition) is 3. The smallest absolute Gasteiger partial charge is 0.330 e. The van der Waals surface area contributed by atoms with Crippen LogP contribution in [0.4, 0.5) is 0 Å². The molecule has 1 fully saturated rings. The molecular formula is C30H30ClNO2. The van der Waals surface area contributed by atoms with Crippen LogP contribution in [0.5, 0.6) is 0 Å². The van der Waals surface area contributed by atoms with E-state index in [4.69, 9.17) is 16.3 Å². The van der Waals surface area contributed by atoms with E-state index in [2.05, 4.69) is 66.0 Å². The standard InChI is InChI=1S/C30H30ClNO2/c31-24-7-5-6-21(19-24)18-23(22-14-16-32-17-15-22)12-13-30(33)34-20-29-27-10-3-1-8-25(27)26-9-2-4-11-28(26)29/h1-13,19,22-23,29,32H,14-18,20H2/b13-12-. The monoisotopic (exact) mass is 471 g/mol. The first-order chi connectivity index (χ1) is 16.7. The molecule has 4 heteroatoms. The van der Waals surface area contributed by atoms with Crippen molar-refractivity contribution in [2.45, 2.75) is 25.2 Å². The van der Waals surface area contributed by atoms with Gasteiger partial charge in [-0.2, -0.15) is 0 Å². The van der Waals surface area contributed by atoms with Crippen molar-refractivity contribution < 1.29 is 9.53 Å². The molecular weight excluding hydrogens is 442 g/mol. The Morgan fingerprint density at radius 1 is 0.971 bits per heavy atom. The zero-order chi connectivity index (χ0) is 23.3. The van der Waals surface area contributed by atoms with E-state index in [-0.39, 0.29) is 17.8 Å². The number of piperidine rings is 1. The molecule has 5 rings (SSSR count). The maximum absolute atomic E-state index is 12.8. The van der Waals surface area contributed by atoms with E-state index >= 15 is 0 Å². The fourth-order valence-corrected chi connectivity index (χ4v) is 5.67. The van der Waals surface area contributed by atoms with Crippen LogP contribution in [0.1, 0.15) is 35.4 Å². The first-order valence-corrected chi connectivity index (χ1v) is 12.5. The lowest BCUT2D eigenvalue weighted by Crippen LogP contribution is -2.32. The highest BCUT2D eigenvalue weighted by atomic mass is 35.5. The molecule has 1 N–H and O–H groups in total. The van der Waals surface area contributed by atoms with Gasteiger partial charge < -0.3 is 10.1 Å². The van der Waals surface area contributed by atoms with E-state index in [0.29, 0.717) is 12.5 Å². The van der Waals surface area contributed by atoms with Crippen molar-refractivity contribution >= 4 is 17.6 Å². The summed E-state index contributed by atoms with van der Waals surface area (Å²) in [6, 6.07) is 24.8. The predicted molar refractivity (Wildman–Crippen MR) is 138 cm³/mol. The summed E-state index contributed by atoms with van der Waals surface area (Å²) in [6.07, 6.45) is 6.80. The lowest BCUT2D eigenvalue weighted by Gasteiger charge is -2.29. The van der Waals surface area contributed by atoms with Gasteiger partial charge in [-0.15, -0.1) is 0 Å². The van der Waals surface area contributed by atoms with Gasteiger partial charge in [0.25, 0.3) is 0 Å². The molecule has 3 aromatic carbocycles. The normalized spacial score (nSPS) is 16.9. The van der Waals surface area contributed by atoms with Gasteiger partial charge >= 0.3 is 5.97 Å². The number of allylic oxidation sites excluding steroid dienone is 1. The molecule has 1 saturated heterocycles. The lowest BCUT2D eigenvalue weighted by atomic mass is 9.81. The summed E-state index contributed by atoms with van der Waals surface area (Å²) in [5, 5.41) is 4.19. The number of esters is 1. The Balaban J connectivity index is 1.27. The number of rotatable bonds is 7. The summed E-state index contributed by atoms with van der Waals surface area (Å²) in [5.74, 6) is 0.627. The molecule has 0 saturated carbocycles. The topological polar surface area (TPSA) is 38.3 Å². The summed E-state index contributed by atoms with van der Waals surface area (Å²) in [6.45, 7) is 2.40. The van der Waals surface area contributed by atoms with Crippen LogP contribution in [0.25, 0.3) is 11.1 Å². The molecule has 174 valence electrons. The second kappa shape index (κ2) is 10.6. The van der Waals surface area contributed by atoms with Gasteiger partial charge in [-0.3, -0.25) is 0 Å². The maximum Gasteiger partial charge on any atom is 0.330 e. The molecule has 1 atom stereocenters. The first-order valence-electron chi connectivity index (χ1n) is 12.2. The minimum absolute atomic E-state index is 0.0800. The molecule has 3 nitrogen and oxygen atoms in total. The Bertz CT molecular complexity index is 1140. The molecule has 3 aromatic rings. The third-order valence-corrected chi connectivity index (χ3v) is 7.42.